The summed E-state index contributed by atoms with van der Waals surface area (Å²) < 4.78 is 5.39. The maximum atomic E-state index is 6.09. The number of benzene rings is 1. The molecule has 1 aromatic rings. The third-order valence-electron chi connectivity index (χ3n) is 3.75. The fraction of sp³-hybridized carbons (Fsp3) is 0.600. The molecule has 0 aliphatic carbocycles. The van der Waals surface area contributed by atoms with Crippen molar-refractivity contribution >= 4 is 23.2 Å². The van der Waals surface area contributed by atoms with Crippen LogP contribution in [-0.2, 0) is 4.74 Å². The van der Waals surface area contributed by atoms with Crippen LogP contribution >= 0.6 is 23.2 Å². The molecular formula is C15H21Cl2NO. The van der Waals surface area contributed by atoms with Crippen molar-refractivity contribution in [1.29, 1.82) is 0 Å². The standard InChI is InChI=1S/C15H21Cl2NO/c1-2-15(12-3-4-13(16)14(17)9-12)18-10-11-5-7-19-8-6-11/h3-4,9,11,15,18H,2,5-8,10H2,1H3. The molecule has 0 aromatic heterocycles. The minimum Gasteiger partial charge on any atom is -0.381 e. The Balaban J connectivity index is 1.93. The van der Waals surface area contributed by atoms with Gasteiger partial charge in [0.05, 0.1) is 10.0 Å². The Kier molecular flexibility index (Phi) is 5.96. The van der Waals surface area contributed by atoms with Crippen LogP contribution in [0.15, 0.2) is 18.2 Å². The molecule has 0 amide bonds. The zero-order valence-corrected chi connectivity index (χ0v) is 12.8. The molecule has 1 aromatic carbocycles. The minimum atomic E-state index is 0.345. The molecule has 1 heterocycles. The highest BCUT2D eigenvalue weighted by Crippen LogP contribution is 2.27. The Morgan fingerprint density at radius 2 is 2.00 bits per heavy atom. The first-order chi connectivity index (χ1) is 9.20. The van der Waals surface area contributed by atoms with E-state index >= 15 is 0 Å². The maximum Gasteiger partial charge on any atom is 0.0595 e. The highest BCUT2D eigenvalue weighted by atomic mass is 35.5. The summed E-state index contributed by atoms with van der Waals surface area (Å²) in [5, 5.41) is 4.89. The van der Waals surface area contributed by atoms with Crippen LogP contribution in [0.5, 0.6) is 0 Å². The molecule has 1 fully saturated rings. The molecule has 2 rings (SSSR count). The molecule has 2 nitrogen and oxygen atoms in total. The molecule has 0 bridgehead atoms. The second-order valence-electron chi connectivity index (χ2n) is 5.10. The van der Waals surface area contributed by atoms with Gasteiger partial charge in [-0.25, -0.2) is 0 Å². The van der Waals surface area contributed by atoms with Crippen molar-refractivity contribution in [2.24, 2.45) is 5.92 Å². The zero-order valence-electron chi connectivity index (χ0n) is 11.3. The van der Waals surface area contributed by atoms with Crippen molar-refractivity contribution in [3.8, 4) is 0 Å². The predicted molar refractivity (Wildman–Crippen MR) is 81.0 cm³/mol. The Bertz CT molecular complexity index is 405. The lowest BCUT2D eigenvalue weighted by Gasteiger charge is -2.25. The lowest BCUT2D eigenvalue weighted by Crippen LogP contribution is -2.30. The Hall–Kier alpha value is -0.280. The normalized spacial score (nSPS) is 18.5. The van der Waals surface area contributed by atoms with Gasteiger partial charge in [0.1, 0.15) is 0 Å². The highest BCUT2D eigenvalue weighted by Gasteiger charge is 2.16. The van der Waals surface area contributed by atoms with E-state index < -0.39 is 0 Å². The highest BCUT2D eigenvalue weighted by molar-refractivity contribution is 6.42. The lowest BCUT2D eigenvalue weighted by atomic mass is 9.98. The number of hydrogen-bond acceptors (Lipinski definition) is 2. The number of hydrogen-bond donors (Lipinski definition) is 1. The van der Waals surface area contributed by atoms with E-state index in [1.54, 1.807) is 0 Å². The Labute approximate surface area is 125 Å². The van der Waals surface area contributed by atoms with Gasteiger partial charge in [0.2, 0.25) is 0 Å². The van der Waals surface area contributed by atoms with E-state index in [4.69, 9.17) is 27.9 Å². The van der Waals surface area contributed by atoms with Crippen molar-refractivity contribution in [2.45, 2.75) is 32.2 Å². The smallest absolute Gasteiger partial charge is 0.0595 e. The van der Waals surface area contributed by atoms with Crippen molar-refractivity contribution in [2.75, 3.05) is 19.8 Å². The van der Waals surface area contributed by atoms with Gasteiger partial charge in [-0.1, -0.05) is 36.2 Å². The van der Waals surface area contributed by atoms with Crippen molar-refractivity contribution in [1.82, 2.24) is 5.32 Å². The molecule has 4 heteroatoms. The van der Waals surface area contributed by atoms with Crippen LogP contribution in [-0.4, -0.2) is 19.8 Å². The molecule has 1 saturated heterocycles. The minimum absolute atomic E-state index is 0.345. The first-order valence-corrected chi connectivity index (χ1v) is 7.72. The first kappa shape index (κ1) is 15.1. The van der Waals surface area contributed by atoms with Crippen LogP contribution in [0.25, 0.3) is 0 Å². The van der Waals surface area contributed by atoms with Crippen LogP contribution in [0, 0.1) is 5.92 Å². The van der Waals surface area contributed by atoms with E-state index in [0.29, 0.717) is 16.1 Å². The van der Waals surface area contributed by atoms with Crippen molar-refractivity contribution in [3.63, 3.8) is 0 Å². The predicted octanol–water partition coefficient (Wildman–Crippen LogP) is 4.46. The lowest BCUT2D eigenvalue weighted by molar-refractivity contribution is 0.0654. The van der Waals surface area contributed by atoms with E-state index in [2.05, 4.69) is 18.3 Å². The summed E-state index contributed by atoms with van der Waals surface area (Å²) in [7, 11) is 0. The first-order valence-electron chi connectivity index (χ1n) is 6.96. The average molecular weight is 302 g/mol. The van der Waals surface area contributed by atoms with Crippen LogP contribution in [0.1, 0.15) is 37.8 Å². The van der Waals surface area contributed by atoms with E-state index in [1.807, 2.05) is 12.1 Å². The third kappa shape index (κ3) is 4.35. The molecule has 0 spiro atoms. The Morgan fingerprint density at radius 1 is 1.26 bits per heavy atom. The fourth-order valence-electron chi connectivity index (χ4n) is 2.49. The molecule has 1 aliphatic heterocycles. The SMILES string of the molecule is CCC(NCC1CCOCC1)c1ccc(Cl)c(Cl)c1. The Morgan fingerprint density at radius 3 is 2.63 bits per heavy atom. The summed E-state index contributed by atoms with van der Waals surface area (Å²) >= 11 is 12.0. The summed E-state index contributed by atoms with van der Waals surface area (Å²) in [6.45, 7) is 5.03. The van der Waals surface area contributed by atoms with Gasteiger partial charge >= 0.3 is 0 Å². The summed E-state index contributed by atoms with van der Waals surface area (Å²) in [5.41, 5.74) is 1.21. The van der Waals surface area contributed by atoms with Gasteiger partial charge in [0.15, 0.2) is 0 Å². The molecule has 19 heavy (non-hydrogen) atoms. The summed E-state index contributed by atoms with van der Waals surface area (Å²) in [6, 6.07) is 6.24. The molecule has 1 unspecified atom stereocenters. The molecule has 0 radical (unpaired) electrons. The van der Waals surface area contributed by atoms with Crippen molar-refractivity contribution in [3.05, 3.63) is 33.8 Å². The van der Waals surface area contributed by atoms with Crippen LogP contribution in [0.3, 0.4) is 0 Å². The van der Waals surface area contributed by atoms with E-state index in [-0.39, 0.29) is 0 Å². The average Bonchev–Trinajstić information content (AvgIpc) is 2.44. The molecule has 106 valence electrons. The van der Waals surface area contributed by atoms with Gasteiger partial charge in [0.25, 0.3) is 0 Å². The van der Waals surface area contributed by atoms with Gasteiger partial charge in [-0.15, -0.1) is 0 Å². The second-order valence-corrected chi connectivity index (χ2v) is 5.91. The van der Waals surface area contributed by atoms with Gasteiger partial charge in [-0.05, 0) is 49.4 Å². The molecule has 0 saturated carbocycles. The monoisotopic (exact) mass is 301 g/mol. The molecule has 1 aliphatic rings. The molecule has 1 atom stereocenters. The topological polar surface area (TPSA) is 21.3 Å². The van der Waals surface area contributed by atoms with Crippen molar-refractivity contribution < 1.29 is 4.74 Å². The maximum absolute atomic E-state index is 6.09. The fourth-order valence-corrected chi connectivity index (χ4v) is 2.79. The van der Waals surface area contributed by atoms with E-state index in [1.165, 1.54) is 5.56 Å². The second kappa shape index (κ2) is 7.49. The number of ether oxygens (including phenoxy) is 1. The van der Waals surface area contributed by atoms with E-state index in [9.17, 15) is 0 Å². The number of rotatable bonds is 5. The van der Waals surface area contributed by atoms with Gasteiger partial charge in [0, 0.05) is 19.3 Å². The van der Waals surface area contributed by atoms with Crippen LogP contribution in [0.2, 0.25) is 10.0 Å². The quantitative estimate of drug-likeness (QED) is 0.867. The molecular weight excluding hydrogens is 281 g/mol. The third-order valence-corrected chi connectivity index (χ3v) is 4.49. The van der Waals surface area contributed by atoms with Crippen LogP contribution in [0.4, 0.5) is 0 Å². The summed E-state index contributed by atoms with van der Waals surface area (Å²) in [6.07, 6.45) is 3.36. The van der Waals surface area contributed by atoms with E-state index in [0.717, 1.165) is 44.9 Å². The molecule has 1 N–H and O–H groups in total. The zero-order chi connectivity index (χ0) is 13.7. The summed E-state index contributed by atoms with van der Waals surface area (Å²) in [4.78, 5) is 0. The summed E-state index contributed by atoms with van der Waals surface area (Å²) in [5.74, 6) is 0.727. The number of halogens is 2. The van der Waals surface area contributed by atoms with Gasteiger partial charge in [-0.2, -0.15) is 0 Å². The van der Waals surface area contributed by atoms with Crippen LogP contribution < -0.4 is 5.32 Å². The van der Waals surface area contributed by atoms with Gasteiger partial charge in [-0.3, -0.25) is 0 Å². The van der Waals surface area contributed by atoms with Gasteiger partial charge < -0.3 is 10.1 Å². The largest absolute Gasteiger partial charge is 0.381 e. The number of nitrogens with one attached hydrogen (secondary N) is 1.